The fourth-order valence-electron chi connectivity index (χ4n) is 2.53. The molecule has 3 rings (SSSR count). The van der Waals surface area contributed by atoms with Crippen molar-refractivity contribution in [2.75, 3.05) is 17.9 Å². The molecule has 2 N–H and O–H groups in total. The summed E-state index contributed by atoms with van der Waals surface area (Å²) in [5.74, 6) is -0.297. The highest BCUT2D eigenvalue weighted by atomic mass is 32.2. The van der Waals surface area contributed by atoms with Crippen LogP contribution in [0.25, 0.3) is 0 Å². The number of anilines is 1. The summed E-state index contributed by atoms with van der Waals surface area (Å²) in [6, 6.07) is 19.8. The molecule has 3 aromatic carbocycles. The van der Waals surface area contributed by atoms with E-state index in [1.54, 1.807) is 24.3 Å². The number of rotatable bonds is 8. The molecule has 0 radical (unpaired) electrons. The van der Waals surface area contributed by atoms with Crippen LogP contribution in [0.1, 0.15) is 10.4 Å². The van der Waals surface area contributed by atoms with Crippen LogP contribution in [0.3, 0.4) is 0 Å². The third-order valence-corrected chi connectivity index (χ3v) is 5.32. The average Bonchev–Trinajstić information content (AvgIpc) is 2.72. The lowest BCUT2D eigenvalue weighted by Gasteiger charge is -2.13. The number of carbonyl (C=O) groups is 1. The summed E-state index contributed by atoms with van der Waals surface area (Å²) in [5, 5.41) is 2.69. The summed E-state index contributed by atoms with van der Waals surface area (Å²) in [7, 11) is -3.97. The molecule has 0 fully saturated rings. The predicted octanol–water partition coefficient (Wildman–Crippen LogP) is 3.44. The van der Waals surface area contributed by atoms with Crippen LogP contribution in [-0.4, -0.2) is 27.5 Å². The van der Waals surface area contributed by atoms with Crippen molar-refractivity contribution in [2.24, 2.45) is 0 Å². The lowest BCUT2D eigenvalue weighted by Crippen LogP contribution is -2.29. The molecular formula is C21H19FN2O4S. The minimum Gasteiger partial charge on any atom is -0.492 e. The molecule has 0 saturated heterocycles. The monoisotopic (exact) mass is 414 g/mol. The highest BCUT2D eigenvalue weighted by Gasteiger charge is 2.18. The zero-order chi connectivity index (χ0) is 20.7. The molecule has 29 heavy (non-hydrogen) atoms. The molecule has 3 aromatic rings. The first kappa shape index (κ1) is 20.3. The number of benzene rings is 3. The third-order valence-electron chi connectivity index (χ3n) is 3.94. The van der Waals surface area contributed by atoms with Gasteiger partial charge in [-0.2, -0.15) is 0 Å². The van der Waals surface area contributed by atoms with Gasteiger partial charge in [0.1, 0.15) is 18.2 Å². The molecule has 0 spiro atoms. The van der Waals surface area contributed by atoms with Crippen LogP contribution in [0.5, 0.6) is 5.75 Å². The topological polar surface area (TPSA) is 84.5 Å². The lowest BCUT2D eigenvalue weighted by atomic mass is 10.1. The van der Waals surface area contributed by atoms with E-state index < -0.39 is 21.7 Å². The molecule has 0 heterocycles. The third kappa shape index (κ3) is 5.55. The smallest absolute Gasteiger partial charge is 0.261 e. The summed E-state index contributed by atoms with van der Waals surface area (Å²) in [4.78, 5) is 12.4. The largest absolute Gasteiger partial charge is 0.492 e. The molecule has 0 bridgehead atoms. The first-order chi connectivity index (χ1) is 14.0. The molecule has 0 unspecified atom stereocenters. The van der Waals surface area contributed by atoms with Crippen LogP contribution in [0.15, 0.2) is 83.8 Å². The maximum Gasteiger partial charge on any atom is 0.261 e. The van der Waals surface area contributed by atoms with E-state index in [4.69, 9.17) is 4.74 Å². The van der Waals surface area contributed by atoms with Gasteiger partial charge >= 0.3 is 0 Å². The highest BCUT2D eigenvalue weighted by Crippen LogP contribution is 2.20. The van der Waals surface area contributed by atoms with Crippen molar-refractivity contribution < 1.29 is 22.3 Å². The van der Waals surface area contributed by atoms with Gasteiger partial charge in [-0.05, 0) is 48.5 Å². The molecule has 6 nitrogen and oxygen atoms in total. The van der Waals surface area contributed by atoms with Gasteiger partial charge in [0.2, 0.25) is 0 Å². The molecule has 0 aliphatic rings. The van der Waals surface area contributed by atoms with E-state index in [2.05, 4.69) is 10.0 Å². The van der Waals surface area contributed by atoms with Crippen LogP contribution < -0.4 is 14.8 Å². The summed E-state index contributed by atoms with van der Waals surface area (Å²) < 4.78 is 46.0. The van der Waals surface area contributed by atoms with E-state index in [0.717, 1.165) is 24.3 Å². The molecule has 8 heteroatoms. The summed E-state index contributed by atoms with van der Waals surface area (Å²) in [6.45, 7) is 0.506. The molecule has 1 amide bonds. The average molecular weight is 414 g/mol. The standard InChI is InChI=1S/C21H19FN2O4S/c22-16-10-12-18(13-11-16)29(26,27)24-20-9-5-4-8-19(20)21(25)23-14-15-28-17-6-2-1-3-7-17/h1-13,24H,14-15H2,(H,23,25). The second-order valence-electron chi connectivity index (χ2n) is 6.02. The Morgan fingerprint density at radius 1 is 0.897 bits per heavy atom. The predicted molar refractivity (Wildman–Crippen MR) is 108 cm³/mol. The van der Waals surface area contributed by atoms with Crippen molar-refractivity contribution >= 4 is 21.6 Å². The number of hydrogen-bond acceptors (Lipinski definition) is 4. The van der Waals surface area contributed by atoms with E-state index in [-0.39, 0.29) is 29.3 Å². The maximum absolute atomic E-state index is 13.0. The van der Waals surface area contributed by atoms with Crippen molar-refractivity contribution in [3.05, 3.63) is 90.2 Å². The Bertz CT molecular complexity index is 1070. The molecule has 150 valence electrons. The second kappa shape index (κ2) is 9.20. The maximum atomic E-state index is 13.0. The molecular weight excluding hydrogens is 395 g/mol. The Balaban J connectivity index is 1.65. The van der Waals surface area contributed by atoms with Crippen LogP contribution in [0.4, 0.5) is 10.1 Å². The fraction of sp³-hybridized carbons (Fsp3) is 0.0952. The summed E-state index contributed by atoms with van der Waals surface area (Å²) >= 11 is 0. The van der Waals surface area contributed by atoms with Gasteiger partial charge in [0.05, 0.1) is 22.7 Å². The van der Waals surface area contributed by atoms with Gasteiger partial charge in [-0.3, -0.25) is 9.52 Å². The van der Waals surface area contributed by atoms with Crippen molar-refractivity contribution in [1.82, 2.24) is 5.32 Å². The Kier molecular flexibility index (Phi) is 6.46. The summed E-state index contributed by atoms with van der Waals surface area (Å²) in [5.41, 5.74) is 0.288. The van der Waals surface area contributed by atoms with Crippen molar-refractivity contribution in [1.29, 1.82) is 0 Å². The van der Waals surface area contributed by atoms with E-state index in [1.807, 2.05) is 18.2 Å². The molecule has 0 atom stereocenters. The van der Waals surface area contributed by atoms with Gasteiger partial charge in [0.25, 0.3) is 15.9 Å². The fourth-order valence-corrected chi connectivity index (χ4v) is 3.61. The highest BCUT2D eigenvalue weighted by molar-refractivity contribution is 7.92. The van der Waals surface area contributed by atoms with Crippen molar-refractivity contribution in [2.45, 2.75) is 4.90 Å². The SMILES string of the molecule is O=C(NCCOc1ccccc1)c1ccccc1NS(=O)(=O)c1ccc(F)cc1. The van der Waals surface area contributed by atoms with Crippen molar-refractivity contribution in [3.8, 4) is 5.75 Å². The van der Waals surface area contributed by atoms with E-state index >= 15 is 0 Å². The van der Waals surface area contributed by atoms with Gasteiger partial charge < -0.3 is 10.1 Å². The van der Waals surface area contributed by atoms with E-state index in [9.17, 15) is 17.6 Å². The number of ether oxygens (including phenoxy) is 1. The molecule has 0 aliphatic carbocycles. The van der Waals surface area contributed by atoms with Gasteiger partial charge in [0.15, 0.2) is 0 Å². The lowest BCUT2D eigenvalue weighted by molar-refractivity contribution is 0.0948. The normalized spacial score (nSPS) is 10.9. The molecule has 0 aliphatic heterocycles. The molecule has 0 aromatic heterocycles. The van der Waals surface area contributed by atoms with Gasteiger partial charge in [0, 0.05) is 0 Å². The second-order valence-corrected chi connectivity index (χ2v) is 7.70. The van der Waals surface area contributed by atoms with Crippen LogP contribution in [0.2, 0.25) is 0 Å². The first-order valence-electron chi connectivity index (χ1n) is 8.79. The van der Waals surface area contributed by atoms with Gasteiger partial charge in [-0.1, -0.05) is 30.3 Å². The number of nitrogens with one attached hydrogen (secondary N) is 2. The van der Waals surface area contributed by atoms with Crippen molar-refractivity contribution in [3.63, 3.8) is 0 Å². The minimum atomic E-state index is -3.97. The van der Waals surface area contributed by atoms with Gasteiger partial charge in [-0.25, -0.2) is 12.8 Å². The Morgan fingerprint density at radius 3 is 2.28 bits per heavy atom. The first-order valence-corrected chi connectivity index (χ1v) is 10.3. The van der Waals surface area contributed by atoms with Crippen LogP contribution >= 0.6 is 0 Å². The van der Waals surface area contributed by atoms with Gasteiger partial charge in [-0.15, -0.1) is 0 Å². The Morgan fingerprint density at radius 2 is 1.55 bits per heavy atom. The number of amides is 1. The van der Waals surface area contributed by atoms with E-state index in [1.165, 1.54) is 12.1 Å². The number of hydrogen-bond donors (Lipinski definition) is 2. The van der Waals surface area contributed by atoms with E-state index in [0.29, 0.717) is 5.75 Å². The Hall–Kier alpha value is -3.39. The number of sulfonamides is 1. The minimum absolute atomic E-state index is 0.106. The zero-order valence-electron chi connectivity index (χ0n) is 15.3. The zero-order valence-corrected chi connectivity index (χ0v) is 16.2. The Labute approximate surface area is 168 Å². The number of halogens is 1. The van der Waals surface area contributed by atoms with Crippen LogP contribution in [0, 0.1) is 5.82 Å². The quantitative estimate of drug-likeness (QED) is 0.553. The number of carbonyl (C=O) groups excluding carboxylic acids is 1. The number of para-hydroxylation sites is 2. The summed E-state index contributed by atoms with van der Waals surface area (Å²) in [6.07, 6.45) is 0. The molecule has 0 saturated carbocycles. The van der Waals surface area contributed by atoms with Crippen LogP contribution in [-0.2, 0) is 10.0 Å².